The van der Waals surface area contributed by atoms with E-state index in [9.17, 15) is 4.39 Å². The van der Waals surface area contributed by atoms with Crippen LogP contribution in [-0.2, 0) is 4.74 Å². The number of fused-ring (bicyclic) bond motifs is 2. The van der Waals surface area contributed by atoms with E-state index in [1.165, 1.54) is 0 Å². The lowest BCUT2D eigenvalue weighted by Crippen LogP contribution is -2.40. The minimum atomic E-state index is -0.222. The molecule has 2 heterocycles. The fourth-order valence-corrected chi connectivity index (χ4v) is 3.20. The highest BCUT2D eigenvalue weighted by Gasteiger charge is 2.36. The topological polar surface area (TPSA) is 24.5 Å². The number of halogens is 2. The molecule has 98 valence electrons. The van der Waals surface area contributed by atoms with Gasteiger partial charge in [-0.2, -0.15) is 0 Å². The first-order chi connectivity index (χ1) is 8.70. The first-order valence-electron chi connectivity index (χ1n) is 6.28. The third-order valence-electron chi connectivity index (χ3n) is 3.81. The van der Waals surface area contributed by atoms with Gasteiger partial charge in [-0.05, 0) is 28.9 Å². The maximum absolute atomic E-state index is 13.6. The third kappa shape index (κ3) is 1.89. The summed E-state index contributed by atoms with van der Waals surface area (Å²) in [4.78, 5) is 2.32. The first kappa shape index (κ1) is 12.2. The molecule has 0 radical (unpaired) electrons. The van der Waals surface area contributed by atoms with E-state index in [1.807, 2.05) is 6.07 Å². The Balaban J connectivity index is 2.06. The van der Waals surface area contributed by atoms with Crippen molar-refractivity contribution in [3.8, 4) is 0 Å². The lowest BCUT2D eigenvalue weighted by Gasteiger charge is -2.31. The Kier molecular flexibility index (Phi) is 3.20. The van der Waals surface area contributed by atoms with Gasteiger partial charge >= 0.3 is 0 Å². The number of benzene rings is 1. The van der Waals surface area contributed by atoms with E-state index in [0.717, 1.165) is 37.7 Å². The highest BCUT2D eigenvalue weighted by atomic mass is 79.9. The smallest absolute Gasteiger partial charge is 0.139 e. The number of nitrogens with one attached hydrogen (secondary N) is 1. The van der Waals surface area contributed by atoms with E-state index in [-0.39, 0.29) is 5.82 Å². The summed E-state index contributed by atoms with van der Waals surface area (Å²) in [5, 5.41) is 3.35. The van der Waals surface area contributed by atoms with Gasteiger partial charge in [-0.15, -0.1) is 0 Å². The molecule has 5 heteroatoms. The van der Waals surface area contributed by atoms with Crippen LogP contribution in [0.4, 0.5) is 15.8 Å². The van der Waals surface area contributed by atoms with Crippen LogP contribution in [0, 0.1) is 11.7 Å². The number of hydrogen-bond donors (Lipinski definition) is 1. The summed E-state index contributed by atoms with van der Waals surface area (Å²) in [5.74, 6) is 0.250. The van der Waals surface area contributed by atoms with Crippen molar-refractivity contribution in [2.45, 2.75) is 13.0 Å². The van der Waals surface area contributed by atoms with Crippen LogP contribution in [0.1, 0.15) is 6.92 Å². The molecule has 0 aliphatic carbocycles. The molecule has 3 nitrogen and oxygen atoms in total. The minimum Gasteiger partial charge on any atom is -0.383 e. The van der Waals surface area contributed by atoms with Crippen molar-refractivity contribution in [1.82, 2.24) is 0 Å². The fourth-order valence-electron chi connectivity index (χ4n) is 2.87. The molecule has 1 saturated heterocycles. The Morgan fingerprint density at radius 3 is 3.11 bits per heavy atom. The second kappa shape index (κ2) is 4.70. The van der Waals surface area contributed by atoms with E-state index in [0.29, 0.717) is 16.4 Å². The highest BCUT2D eigenvalue weighted by Crippen LogP contribution is 2.37. The van der Waals surface area contributed by atoms with Gasteiger partial charge in [-0.25, -0.2) is 4.39 Å². The van der Waals surface area contributed by atoms with Gasteiger partial charge in [0.05, 0.1) is 35.1 Å². The van der Waals surface area contributed by atoms with E-state index in [4.69, 9.17) is 4.74 Å². The van der Waals surface area contributed by atoms with Gasteiger partial charge in [-0.3, -0.25) is 0 Å². The summed E-state index contributed by atoms with van der Waals surface area (Å²) < 4.78 is 19.7. The minimum absolute atomic E-state index is 0.222. The maximum Gasteiger partial charge on any atom is 0.139 e. The monoisotopic (exact) mass is 314 g/mol. The molecule has 2 aliphatic rings. The molecule has 0 aromatic heterocycles. The Morgan fingerprint density at radius 2 is 2.33 bits per heavy atom. The van der Waals surface area contributed by atoms with E-state index in [2.05, 4.69) is 33.1 Å². The van der Waals surface area contributed by atoms with Gasteiger partial charge in [0, 0.05) is 25.1 Å². The SMILES string of the molecule is CCN1c2cc(Br)c(F)cc2NCC2COCC21. The van der Waals surface area contributed by atoms with Gasteiger partial charge in [0.1, 0.15) is 5.82 Å². The summed E-state index contributed by atoms with van der Waals surface area (Å²) >= 11 is 3.27. The van der Waals surface area contributed by atoms with Gasteiger partial charge < -0.3 is 15.0 Å². The van der Waals surface area contributed by atoms with Gasteiger partial charge in [-0.1, -0.05) is 0 Å². The summed E-state index contributed by atoms with van der Waals surface area (Å²) in [6.07, 6.45) is 0. The first-order valence-corrected chi connectivity index (χ1v) is 7.07. The molecule has 1 aromatic rings. The van der Waals surface area contributed by atoms with Gasteiger partial charge in [0.2, 0.25) is 0 Å². The van der Waals surface area contributed by atoms with Crippen LogP contribution in [0.15, 0.2) is 16.6 Å². The van der Waals surface area contributed by atoms with Crippen molar-refractivity contribution < 1.29 is 9.13 Å². The molecular weight excluding hydrogens is 299 g/mol. The van der Waals surface area contributed by atoms with Crippen molar-refractivity contribution in [2.24, 2.45) is 5.92 Å². The molecule has 2 aliphatic heterocycles. The number of hydrogen-bond acceptors (Lipinski definition) is 3. The van der Waals surface area contributed by atoms with Crippen molar-refractivity contribution in [2.75, 3.05) is 36.5 Å². The quantitative estimate of drug-likeness (QED) is 0.862. The largest absolute Gasteiger partial charge is 0.383 e. The molecule has 1 fully saturated rings. The zero-order valence-corrected chi connectivity index (χ0v) is 11.8. The Morgan fingerprint density at radius 1 is 1.50 bits per heavy atom. The van der Waals surface area contributed by atoms with E-state index >= 15 is 0 Å². The van der Waals surface area contributed by atoms with Crippen LogP contribution in [0.2, 0.25) is 0 Å². The van der Waals surface area contributed by atoms with E-state index in [1.54, 1.807) is 6.07 Å². The Bertz CT molecular complexity index is 469. The number of nitrogens with zero attached hydrogens (tertiary/aromatic N) is 1. The third-order valence-corrected chi connectivity index (χ3v) is 4.42. The lowest BCUT2D eigenvalue weighted by molar-refractivity contribution is 0.185. The summed E-state index contributed by atoms with van der Waals surface area (Å²) in [6, 6.07) is 3.83. The molecule has 0 bridgehead atoms. The van der Waals surface area contributed by atoms with Crippen LogP contribution in [-0.4, -0.2) is 32.3 Å². The molecule has 1 aromatic carbocycles. The van der Waals surface area contributed by atoms with Crippen molar-refractivity contribution in [1.29, 1.82) is 0 Å². The second-order valence-corrected chi connectivity index (χ2v) is 5.67. The Labute approximate surface area is 114 Å². The van der Waals surface area contributed by atoms with Gasteiger partial charge in [0.25, 0.3) is 0 Å². The fraction of sp³-hybridized carbons (Fsp3) is 0.538. The number of rotatable bonds is 1. The highest BCUT2D eigenvalue weighted by molar-refractivity contribution is 9.10. The standard InChI is InChI=1S/C13H16BrFN2O/c1-2-17-12-3-9(14)10(15)4-11(12)16-5-8-6-18-7-13(8)17/h3-4,8,13,16H,2,5-7H2,1H3. The average molecular weight is 315 g/mol. The summed E-state index contributed by atoms with van der Waals surface area (Å²) in [7, 11) is 0. The molecule has 2 atom stereocenters. The zero-order chi connectivity index (χ0) is 12.7. The van der Waals surface area contributed by atoms with Crippen LogP contribution in [0.3, 0.4) is 0 Å². The number of anilines is 2. The molecule has 0 amide bonds. The Hall–Kier alpha value is -0.810. The molecule has 0 saturated carbocycles. The lowest BCUT2D eigenvalue weighted by atomic mass is 10.0. The predicted molar refractivity (Wildman–Crippen MR) is 73.7 cm³/mol. The van der Waals surface area contributed by atoms with Crippen molar-refractivity contribution in [3.05, 3.63) is 22.4 Å². The normalized spacial score (nSPS) is 26.3. The predicted octanol–water partition coefficient (Wildman–Crippen LogP) is 2.86. The average Bonchev–Trinajstić information content (AvgIpc) is 2.76. The molecule has 1 N–H and O–H groups in total. The molecule has 18 heavy (non-hydrogen) atoms. The molecule has 3 rings (SSSR count). The maximum atomic E-state index is 13.6. The van der Waals surface area contributed by atoms with Crippen LogP contribution in [0.5, 0.6) is 0 Å². The van der Waals surface area contributed by atoms with Crippen LogP contribution >= 0.6 is 15.9 Å². The second-order valence-electron chi connectivity index (χ2n) is 4.82. The van der Waals surface area contributed by atoms with Crippen LogP contribution in [0.25, 0.3) is 0 Å². The molecule has 0 spiro atoms. The van der Waals surface area contributed by atoms with E-state index < -0.39 is 0 Å². The zero-order valence-electron chi connectivity index (χ0n) is 10.2. The molecule has 2 unspecified atom stereocenters. The van der Waals surface area contributed by atoms with Gasteiger partial charge in [0.15, 0.2) is 0 Å². The summed E-state index contributed by atoms with van der Waals surface area (Å²) in [6.45, 7) is 5.41. The van der Waals surface area contributed by atoms with Crippen molar-refractivity contribution in [3.63, 3.8) is 0 Å². The van der Waals surface area contributed by atoms with Crippen molar-refractivity contribution >= 4 is 27.3 Å². The molecular formula is C13H16BrFN2O. The number of ether oxygens (including phenoxy) is 1. The summed E-state index contributed by atoms with van der Waals surface area (Å²) in [5.41, 5.74) is 1.94. The number of likely N-dealkylation sites (N-methyl/N-ethyl adjacent to an activating group) is 1. The van der Waals surface area contributed by atoms with Crippen LogP contribution < -0.4 is 10.2 Å².